The van der Waals surface area contributed by atoms with E-state index in [4.69, 9.17) is 17.1 Å². The van der Waals surface area contributed by atoms with Crippen LogP contribution in [0.4, 0.5) is 5.69 Å². The van der Waals surface area contributed by atoms with E-state index in [0.717, 1.165) is 27.2 Å². The van der Waals surface area contributed by atoms with Crippen molar-refractivity contribution < 1.29 is 26.7 Å². The third kappa shape index (κ3) is 8.38. The number of ether oxygens (including phenoxy) is 2. The van der Waals surface area contributed by atoms with Crippen LogP contribution in [0.1, 0.15) is 41.2 Å². The van der Waals surface area contributed by atoms with Gasteiger partial charge in [-0.25, -0.2) is 9.97 Å². The lowest BCUT2D eigenvalue weighted by atomic mass is 10.2. The Morgan fingerprint density at radius 1 is 0.844 bits per heavy atom. The molecule has 2 aromatic carbocycles. The first-order valence-corrected chi connectivity index (χ1v) is 15.3. The summed E-state index contributed by atoms with van der Waals surface area (Å²) in [6.45, 7) is -3.46. The molecule has 6 rings (SSSR count). The number of methoxy groups -OCH3 is 1. The Labute approximate surface area is 281 Å². The lowest BCUT2D eigenvalue weighted by molar-refractivity contribution is -0.385. The van der Waals surface area contributed by atoms with Crippen LogP contribution in [0.5, 0.6) is 5.75 Å². The molecule has 0 amide bonds. The highest BCUT2D eigenvalue weighted by atomic mass is 32.2. The predicted octanol–water partition coefficient (Wildman–Crippen LogP) is 7.44. The maximum atomic E-state index is 10.9. The van der Waals surface area contributed by atoms with Crippen molar-refractivity contribution >= 4 is 51.3 Å². The number of fused-ring (bicyclic) bond motifs is 2. The summed E-state index contributed by atoms with van der Waals surface area (Å²) in [4.78, 5) is 34.3. The molecule has 0 unspecified atom stereocenters. The summed E-state index contributed by atoms with van der Waals surface area (Å²) in [6, 6.07) is 18.1. The number of imidazole rings is 2. The van der Waals surface area contributed by atoms with Crippen LogP contribution in [-0.4, -0.2) is 55.0 Å². The van der Waals surface area contributed by atoms with E-state index in [2.05, 4.69) is 34.6 Å². The molecule has 0 atom stereocenters. The Balaban J connectivity index is 0.000000228. The Morgan fingerprint density at radius 2 is 1.42 bits per heavy atom. The topological polar surface area (TPSA) is 145 Å². The standard InChI is InChI=1S/C18H21N3O2S.C14H12N4O2S/c1-13-16(19-9-8-17(13)23-11-5-10-22-2)12-24-18-20-14-6-3-4-7-15(14)21-18;1-9-12(15-7-6-13(9)18(19)20)8-21-14-16-10-4-2-3-5-11(10)17-14/h3-4,6-9H,5,10-12H2,1-2H3,(H,20,21);2-7H,8H2,1H3,(H,16,17)/i2D3,5D2,10D2,11D2;. The zero-order valence-corrected chi connectivity index (χ0v) is 25.7. The van der Waals surface area contributed by atoms with Crippen LogP contribution in [0.25, 0.3) is 22.1 Å². The third-order valence-corrected chi connectivity index (χ3v) is 8.25. The first kappa shape index (κ1) is 22.1. The second-order valence-electron chi connectivity index (χ2n) is 9.27. The van der Waals surface area contributed by atoms with Crippen molar-refractivity contribution in [3.8, 4) is 5.75 Å². The van der Waals surface area contributed by atoms with E-state index >= 15 is 0 Å². The largest absolute Gasteiger partial charge is 0.493 e. The van der Waals surface area contributed by atoms with E-state index in [1.54, 1.807) is 13.8 Å². The van der Waals surface area contributed by atoms with Crippen LogP contribution >= 0.6 is 23.5 Å². The molecule has 0 radical (unpaired) electrons. The highest BCUT2D eigenvalue weighted by Gasteiger charge is 2.15. The maximum absolute atomic E-state index is 10.9. The summed E-state index contributed by atoms with van der Waals surface area (Å²) in [5.74, 6) is 0.818. The third-order valence-electron chi connectivity index (χ3n) is 6.48. The highest BCUT2D eigenvalue weighted by molar-refractivity contribution is 7.98. The summed E-state index contributed by atoms with van der Waals surface area (Å²) >= 11 is 2.84. The minimum Gasteiger partial charge on any atom is -0.493 e. The van der Waals surface area contributed by atoms with Gasteiger partial charge in [-0.15, -0.1) is 0 Å². The van der Waals surface area contributed by atoms with Crippen LogP contribution in [-0.2, 0) is 16.2 Å². The molecule has 0 bridgehead atoms. The van der Waals surface area contributed by atoms with E-state index in [0.29, 0.717) is 39.2 Å². The van der Waals surface area contributed by atoms with E-state index in [-0.39, 0.29) is 16.4 Å². The number of thioether (sulfide) groups is 2. The number of pyridine rings is 2. The molecule has 2 N–H and O–H groups in total. The molecule has 0 aliphatic heterocycles. The lowest BCUT2D eigenvalue weighted by Gasteiger charge is -2.11. The van der Waals surface area contributed by atoms with Gasteiger partial charge in [0, 0.05) is 63.8 Å². The van der Waals surface area contributed by atoms with Gasteiger partial charge >= 0.3 is 0 Å². The first-order valence-electron chi connectivity index (χ1n) is 17.9. The van der Waals surface area contributed by atoms with Gasteiger partial charge in [0.1, 0.15) is 5.75 Å². The van der Waals surface area contributed by atoms with Gasteiger partial charge in [-0.1, -0.05) is 47.8 Å². The van der Waals surface area contributed by atoms with Crippen molar-refractivity contribution in [3.63, 3.8) is 0 Å². The van der Waals surface area contributed by atoms with Crippen molar-refractivity contribution in [3.05, 3.63) is 106 Å². The first-order chi connectivity index (χ1) is 25.3. The molecule has 0 aliphatic rings. The van der Waals surface area contributed by atoms with Crippen LogP contribution < -0.4 is 4.74 Å². The Bertz CT molecular complexity index is 2200. The van der Waals surface area contributed by atoms with E-state index in [1.807, 2.05) is 48.5 Å². The number of benzene rings is 2. The second-order valence-corrected chi connectivity index (χ2v) is 11.2. The Morgan fingerprint density at radius 3 is 2.00 bits per heavy atom. The van der Waals surface area contributed by atoms with Crippen LogP contribution in [0.3, 0.4) is 0 Å². The average molecular weight is 653 g/mol. The zero-order valence-electron chi connectivity index (χ0n) is 33.0. The molecule has 0 saturated carbocycles. The fourth-order valence-electron chi connectivity index (χ4n) is 4.12. The van der Waals surface area contributed by atoms with E-state index in [9.17, 15) is 10.1 Å². The number of nitro groups is 1. The van der Waals surface area contributed by atoms with Crippen molar-refractivity contribution in [2.45, 2.75) is 42.0 Å². The number of nitrogens with one attached hydrogen (secondary N) is 2. The van der Waals surface area contributed by atoms with Gasteiger partial charge < -0.3 is 19.4 Å². The van der Waals surface area contributed by atoms with Crippen molar-refractivity contribution in [1.82, 2.24) is 29.9 Å². The molecule has 4 aromatic heterocycles. The van der Waals surface area contributed by atoms with Crippen molar-refractivity contribution in [2.75, 3.05) is 20.2 Å². The molecule has 0 saturated heterocycles. The van der Waals surface area contributed by atoms with E-state index in [1.165, 1.54) is 48.1 Å². The average Bonchev–Trinajstić information content (AvgIpc) is 3.71. The molecule has 0 fully saturated rings. The second kappa shape index (κ2) is 15.5. The molecule has 13 heteroatoms. The van der Waals surface area contributed by atoms with Gasteiger partial charge in [-0.2, -0.15) is 0 Å². The fourth-order valence-corrected chi connectivity index (χ4v) is 5.94. The summed E-state index contributed by atoms with van der Waals surface area (Å²) in [7, 11) is -3.28. The molecule has 4 heterocycles. The number of aromatic nitrogens is 6. The highest BCUT2D eigenvalue weighted by Crippen LogP contribution is 2.28. The molecular weight excluding hydrogens is 611 g/mol. The minimum absolute atomic E-state index is 0.0660. The van der Waals surface area contributed by atoms with Crippen LogP contribution in [0, 0.1) is 24.0 Å². The SMILES string of the molecule is Cc1c([N+](=O)[O-])ccnc1CSc1nc2ccccc2[nH]1.[2H]C([2H])([2H])OC([2H])([2H])C([2H])([2H])C([2H])([2H])Oc1ccnc(CSc2nc3ccccc3[nH]2)c1C. The number of aromatic amines is 2. The Kier molecular flexibility index (Phi) is 7.62. The number of para-hydroxylation sites is 4. The molecular formula is C32H33N7O4S2. The number of hydrogen-bond donors (Lipinski definition) is 2. The number of nitrogens with zero attached hydrogens (tertiary/aromatic N) is 5. The lowest BCUT2D eigenvalue weighted by Crippen LogP contribution is -2.04. The molecule has 11 nitrogen and oxygen atoms in total. The van der Waals surface area contributed by atoms with Gasteiger partial charge in [0.2, 0.25) is 0 Å². The summed E-state index contributed by atoms with van der Waals surface area (Å²) < 4.78 is 77.7. The fraction of sp³-hybridized carbons (Fsp3) is 0.250. The van der Waals surface area contributed by atoms with Crippen LogP contribution in [0.2, 0.25) is 0 Å². The van der Waals surface area contributed by atoms with Gasteiger partial charge in [0.25, 0.3) is 5.69 Å². The molecule has 45 heavy (non-hydrogen) atoms. The Hall–Kier alpha value is -4.46. The normalized spacial score (nSPS) is 15.2. The molecule has 0 aliphatic carbocycles. The smallest absolute Gasteiger partial charge is 0.275 e. The predicted molar refractivity (Wildman–Crippen MR) is 178 cm³/mol. The van der Waals surface area contributed by atoms with Gasteiger partial charge in [0.05, 0.1) is 54.5 Å². The summed E-state index contributed by atoms with van der Waals surface area (Å²) in [5.41, 5.74) is 5.92. The number of H-pyrrole nitrogens is 2. The quantitative estimate of drug-likeness (QED) is 0.0777. The van der Waals surface area contributed by atoms with Crippen LogP contribution in [0.15, 0.2) is 83.4 Å². The number of rotatable bonds is 12. The monoisotopic (exact) mass is 652 g/mol. The van der Waals surface area contributed by atoms with Crippen molar-refractivity contribution in [2.24, 2.45) is 0 Å². The summed E-state index contributed by atoms with van der Waals surface area (Å²) in [6.07, 6.45) is -0.650. The molecule has 232 valence electrons. The maximum Gasteiger partial charge on any atom is 0.275 e. The minimum atomic E-state index is -3.51. The van der Waals surface area contributed by atoms with Crippen molar-refractivity contribution in [1.29, 1.82) is 0 Å². The van der Waals surface area contributed by atoms with E-state index < -0.39 is 26.5 Å². The molecule has 6 aromatic rings. The van der Waals surface area contributed by atoms with Gasteiger partial charge in [-0.05, 0) is 44.2 Å². The number of hydrogen-bond acceptors (Lipinski definition) is 10. The van der Waals surface area contributed by atoms with Gasteiger partial charge in [0.15, 0.2) is 10.3 Å². The molecule has 0 spiro atoms. The summed E-state index contributed by atoms with van der Waals surface area (Å²) in [5, 5.41) is 12.4. The zero-order chi connectivity index (χ0) is 39.5. The van der Waals surface area contributed by atoms with Gasteiger partial charge in [-0.3, -0.25) is 20.1 Å².